The van der Waals surface area contributed by atoms with E-state index in [4.69, 9.17) is 18.9 Å². The van der Waals surface area contributed by atoms with E-state index in [0.29, 0.717) is 15.6 Å². The van der Waals surface area contributed by atoms with Gasteiger partial charge in [0.25, 0.3) is 0 Å². The van der Waals surface area contributed by atoms with Crippen molar-refractivity contribution < 1.29 is 18.7 Å². The summed E-state index contributed by atoms with van der Waals surface area (Å²) in [5.74, 6) is -0.391. The van der Waals surface area contributed by atoms with E-state index in [1.807, 2.05) is 60.7 Å². The van der Waals surface area contributed by atoms with Gasteiger partial charge < -0.3 is 13.9 Å². The number of carbonyl (C=O) groups is 1. The number of ether oxygens (including phenoxy) is 2. The molecule has 0 atom stereocenters. The third-order valence-electron chi connectivity index (χ3n) is 4.33. The Hall–Kier alpha value is -3.71. The Morgan fingerprint density at radius 1 is 1.00 bits per heavy atom. The predicted octanol–water partition coefficient (Wildman–Crippen LogP) is 4.80. The summed E-state index contributed by atoms with van der Waals surface area (Å²) < 4.78 is 15.8. The van der Waals surface area contributed by atoms with E-state index < -0.39 is 5.97 Å². The molecular formula is C23H17NO5S. The van der Waals surface area contributed by atoms with Gasteiger partial charge in [0.2, 0.25) is 11.2 Å². The Balaban J connectivity index is 1.67. The molecule has 6 nitrogen and oxygen atoms in total. The van der Waals surface area contributed by atoms with Crippen LogP contribution in [0.4, 0.5) is 0 Å². The molecule has 4 rings (SSSR count). The van der Waals surface area contributed by atoms with Crippen LogP contribution in [-0.4, -0.2) is 18.1 Å². The zero-order valence-corrected chi connectivity index (χ0v) is 16.8. The van der Waals surface area contributed by atoms with Gasteiger partial charge in [0.05, 0.1) is 19.1 Å². The molecule has 0 spiro atoms. The molecule has 0 amide bonds. The molecule has 0 aliphatic heterocycles. The Bertz CT molecular complexity index is 1220. The van der Waals surface area contributed by atoms with E-state index in [-0.39, 0.29) is 23.5 Å². The van der Waals surface area contributed by atoms with E-state index in [9.17, 15) is 9.59 Å². The van der Waals surface area contributed by atoms with Crippen molar-refractivity contribution >= 4 is 17.3 Å². The Morgan fingerprint density at radius 2 is 1.67 bits per heavy atom. The van der Waals surface area contributed by atoms with Crippen molar-refractivity contribution in [3.63, 3.8) is 0 Å². The molecule has 0 aliphatic rings. The highest BCUT2D eigenvalue weighted by Crippen LogP contribution is 2.34. The molecule has 0 bridgehead atoms. The van der Waals surface area contributed by atoms with Gasteiger partial charge in [-0.2, -0.15) is 0 Å². The standard InChI is InChI=1S/C23H17NO5S/c1-27-20-17(25)12-13-28-18(20)14-29-23(26)21-19(15-8-4-2-5-9-15)24-22(30-21)16-10-6-3-7-11-16/h2-13H,14H2,1H3. The lowest BCUT2D eigenvalue weighted by Crippen LogP contribution is -2.10. The van der Waals surface area contributed by atoms with Crippen molar-refractivity contribution in [1.29, 1.82) is 0 Å². The number of methoxy groups -OCH3 is 1. The summed E-state index contributed by atoms with van der Waals surface area (Å²) in [4.78, 5) is 29.8. The average Bonchev–Trinajstić information content (AvgIpc) is 3.24. The molecule has 0 N–H and O–H groups in total. The molecule has 2 heterocycles. The van der Waals surface area contributed by atoms with Crippen molar-refractivity contribution in [2.75, 3.05) is 7.11 Å². The number of esters is 1. The molecule has 2 aromatic heterocycles. The molecule has 2 aromatic carbocycles. The maximum Gasteiger partial charge on any atom is 0.351 e. The van der Waals surface area contributed by atoms with Crippen molar-refractivity contribution in [3.8, 4) is 27.6 Å². The summed E-state index contributed by atoms with van der Waals surface area (Å²) in [5, 5.41) is 0.713. The van der Waals surface area contributed by atoms with Gasteiger partial charge in [-0.3, -0.25) is 4.79 Å². The van der Waals surface area contributed by atoms with Gasteiger partial charge in [0, 0.05) is 17.2 Å². The van der Waals surface area contributed by atoms with E-state index in [2.05, 4.69) is 0 Å². The van der Waals surface area contributed by atoms with Crippen LogP contribution in [0.1, 0.15) is 15.4 Å². The molecule has 0 saturated carbocycles. The number of carbonyl (C=O) groups excluding carboxylic acids is 1. The number of aromatic nitrogens is 1. The average molecular weight is 419 g/mol. The predicted molar refractivity (Wildman–Crippen MR) is 114 cm³/mol. The van der Waals surface area contributed by atoms with Crippen molar-refractivity contribution in [3.05, 3.63) is 93.9 Å². The topological polar surface area (TPSA) is 78.6 Å². The van der Waals surface area contributed by atoms with Crippen LogP contribution in [0.5, 0.6) is 5.75 Å². The second-order valence-corrected chi connectivity index (χ2v) is 7.25. The minimum Gasteiger partial charge on any atom is -0.490 e. The van der Waals surface area contributed by atoms with Crippen LogP contribution in [0.25, 0.3) is 21.8 Å². The third kappa shape index (κ3) is 4.01. The molecule has 0 aliphatic carbocycles. The fourth-order valence-electron chi connectivity index (χ4n) is 2.91. The normalized spacial score (nSPS) is 10.6. The number of thiazole rings is 1. The van der Waals surface area contributed by atoms with Crippen LogP contribution in [0.15, 0.2) is 82.2 Å². The lowest BCUT2D eigenvalue weighted by Gasteiger charge is -2.07. The number of rotatable bonds is 6. The van der Waals surface area contributed by atoms with Gasteiger partial charge >= 0.3 is 5.97 Å². The fraction of sp³-hybridized carbons (Fsp3) is 0.0870. The maximum atomic E-state index is 12.9. The van der Waals surface area contributed by atoms with E-state index >= 15 is 0 Å². The first-order valence-electron chi connectivity index (χ1n) is 9.11. The van der Waals surface area contributed by atoms with Gasteiger partial charge in [-0.1, -0.05) is 60.7 Å². The molecule has 4 aromatic rings. The second-order valence-electron chi connectivity index (χ2n) is 6.25. The molecule has 150 valence electrons. The second kappa shape index (κ2) is 8.75. The summed E-state index contributed by atoms with van der Waals surface area (Å²) in [6.07, 6.45) is 1.24. The van der Waals surface area contributed by atoms with Crippen LogP contribution in [0, 0.1) is 0 Å². The molecule has 0 saturated heterocycles. The minimum atomic E-state index is -0.554. The highest BCUT2D eigenvalue weighted by atomic mass is 32.1. The zero-order valence-electron chi connectivity index (χ0n) is 16.0. The lowest BCUT2D eigenvalue weighted by atomic mass is 10.1. The largest absolute Gasteiger partial charge is 0.490 e. The monoisotopic (exact) mass is 419 g/mol. The number of hydrogen-bond acceptors (Lipinski definition) is 7. The van der Waals surface area contributed by atoms with E-state index in [1.54, 1.807) is 0 Å². The first-order chi connectivity index (χ1) is 14.7. The molecular weight excluding hydrogens is 402 g/mol. The maximum absolute atomic E-state index is 12.9. The van der Waals surface area contributed by atoms with Crippen molar-refractivity contribution in [2.45, 2.75) is 6.61 Å². The molecule has 0 unspecified atom stereocenters. The van der Waals surface area contributed by atoms with Crippen molar-refractivity contribution in [1.82, 2.24) is 4.98 Å². The summed E-state index contributed by atoms with van der Waals surface area (Å²) in [6.45, 7) is -0.231. The summed E-state index contributed by atoms with van der Waals surface area (Å²) in [7, 11) is 1.36. The molecule has 30 heavy (non-hydrogen) atoms. The highest BCUT2D eigenvalue weighted by Gasteiger charge is 2.22. The summed E-state index contributed by atoms with van der Waals surface area (Å²) in [6, 6.07) is 20.3. The van der Waals surface area contributed by atoms with Gasteiger partial charge in [0.15, 0.2) is 12.4 Å². The minimum absolute atomic E-state index is 0.0165. The SMILES string of the molecule is COc1c(COC(=O)c2sc(-c3ccccc3)nc2-c2ccccc2)occc1=O. The Kier molecular flexibility index (Phi) is 5.72. The van der Waals surface area contributed by atoms with Crippen LogP contribution < -0.4 is 10.2 Å². The number of benzene rings is 2. The summed E-state index contributed by atoms with van der Waals surface area (Å²) in [5.41, 5.74) is 1.93. The van der Waals surface area contributed by atoms with Crippen LogP contribution in [-0.2, 0) is 11.3 Å². The summed E-state index contributed by atoms with van der Waals surface area (Å²) >= 11 is 1.25. The molecule has 0 fully saturated rings. The third-order valence-corrected chi connectivity index (χ3v) is 5.41. The van der Waals surface area contributed by atoms with Gasteiger partial charge in [-0.15, -0.1) is 11.3 Å². The quantitative estimate of drug-likeness (QED) is 0.418. The van der Waals surface area contributed by atoms with Gasteiger partial charge in [-0.25, -0.2) is 9.78 Å². The van der Waals surface area contributed by atoms with Crippen LogP contribution >= 0.6 is 11.3 Å². The molecule has 0 radical (unpaired) electrons. The number of hydrogen-bond donors (Lipinski definition) is 0. The van der Waals surface area contributed by atoms with E-state index in [0.717, 1.165) is 11.1 Å². The first-order valence-corrected chi connectivity index (χ1v) is 9.92. The van der Waals surface area contributed by atoms with Crippen molar-refractivity contribution in [2.24, 2.45) is 0 Å². The van der Waals surface area contributed by atoms with Gasteiger partial charge in [0.1, 0.15) is 9.88 Å². The Morgan fingerprint density at radius 3 is 2.33 bits per heavy atom. The van der Waals surface area contributed by atoms with Crippen LogP contribution in [0.2, 0.25) is 0 Å². The first kappa shape index (κ1) is 19.6. The number of nitrogens with zero attached hydrogens (tertiary/aromatic N) is 1. The van der Waals surface area contributed by atoms with Crippen LogP contribution in [0.3, 0.4) is 0 Å². The lowest BCUT2D eigenvalue weighted by molar-refractivity contribution is 0.0444. The zero-order chi connectivity index (χ0) is 20.9. The van der Waals surface area contributed by atoms with Gasteiger partial charge in [-0.05, 0) is 0 Å². The smallest absolute Gasteiger partial charge is 0.351 e. The Labute approximate surface area is 176 Å². The molecule has 7 heteroatoms. The van der Waals surface area contributed by atoms with E-state index in [1.165, 1.54) is 30.8 Å². The fourth-order valence-corrected chi connectivity index (χ4v) is 3.90. The highest BCUT2D eigenvalue weighted by molar-refractivity contribution is 7.17.